The van der Waals surface area contributed by atoms with Crippen LogP contribution in [0.25, 0.3) is 0 Å². The Kier molecular flexibility index (Phi) is 2.93. The number of methoxy groups -OCH3 is 2. The molecule has 0 atom stereocenters. The molecule has 4 nitrogen and oxygen atoms in total. The number of rotatable bonds is 2. The number of ether oxygens (including phenoxy) is 2. The van der Waals surface area contributed by atoms with Gasteiger partial charge in [-0.1, -0.05) is 11.6 Å². The molecule has 1 aromatic rings. The van der Waals surface area contributed by atoms with Gasteiger partial charge in [0, 0.05) is 6.07 Å². The van der Waals surface area contributed by atoms with Gasteiger partial charge in [0.15, 0.2) is 16.7 Å². The Morgan fingerprint density at radius 2 is 2.15 bits per heavy atom. The molecule has 0 unspecified atom stereocenters. The van der Waals surface area contributed by atoms with Crippen LogP contribution in [0, 0.1) is 11.3 Å². The Bertz CT molecular complexity index is 360. The van der Waals surface area contributed by atoms with Crippen LogP contribution in [0.3, 0.4) is 0 Å². The monoisotopic (exact) mass is 198 g/mol. The lowest BCUT2D eigenvalue weighted by atomic mass is 10.3. The molecule has 0 saturated carbocycles. The highest BCUT2D eigenvalue weighted by Crippen LogP contribution is 2.33. The van der Waals surface area contributed by atoms with Gasteiger partial charge in [-0.3, -0.25) is 0 Å². The molecule has 0 bridgehead atoms. The minimum Gasteiger partial charge on any atom is -0.493 e. The molecule has 0 aliphatic heterocycles. The summed E-state index contributed by atoms with van der Waals surface area (Å²) >= 11 is 5.72. The zero-order valence-electron chi connectivity index (χ0n) is 7.17. The summed E-state index contributed by atoms with van der Waals surface area (Å²) in [5.41, 5.74) is 0.197. The second-order valence-electron chi connectivity index (χ2n) is 2.15. The van der Waals surface area contributed by atoms with Crippen molar-refractivity contribution in [2.75, 3.05) is 14.2 Å². The first-order chi connectivity index (χ1) is 6.22. The number of aromatic nitrogens is 1. The summed E-state index contributed by atoms with van der Waals surface area (Å²) < 4.78 is 9.90. The molecule has 0 N–H and O–H groups in total. The van der Waals surface area contributed by atoms with Crippen molar-refractivity contribution < 1.29 is 9.47 Å². The third-order valence-corrected chi connectivity index (χ3v) is 1.69. The zero-order valence-corrected chi connectivity index (χ0v) is 7.92. The van der Waals surface area contributed by atoms with Crippen LogP contribution in [0.5, 0.6) is 11.5 Å². The molecule has 0 aromatic carbocycles. The molecule has 1 rings (SSSR count). The number of hydrogen-bond donors (Lipinski definition) is 0. The van der Waals surface area contributed by atoms with Gasteiger partial charge in [-0.2, -0.15) is 5.26 Å². The van der Waals surface area contributed by atoms with Crippen molar-refractivity contribution in [3.8, 4) is 17.6 Å². The largest absolute Gasteiger partial charge is 0.493 e. The Morgan fingerprint density at radius 3 is 2.62 bits per heavy atom. The molecule has 0 amide bonds. The van der Waals surface area contributed by atoms with Gasteiger partial charge >= 0.3 is 0 Å². The first-order valence-corrected chi connectivity index (χ1v) is 3.79. The lowest BCUT2D eigenvalue weighted by Gasteiger charge is -2.07. The standard InChI is InChI=1S/C8H7ClN2O2/c1-12-6-3-5(4-10)11-8(9)7(6)13-2/h3H,1-2H3. The maximum Gasteiger partial charge on any atom is 0.198 e. The van der Waals surface area contributed by atoms with Gasteiger partial charge in [0.1, 0.15) is 11.8 Å². The van der Waals surface area contributed by atoms with E-state index in [0.717, 1.165) is 0 Å². The number of halogens is 1. The number of nitrogens with zero attached hydrogens (tertiary/aromatic N) is 2. The average molecular weight is 199 g/mol. The van der Waals surface area contributed by atoms with Gasteiger partial charge < -0.3 is 9.47 Å². The Labute approximate surface area is 80.7 Å². The van der Waals surface area contributed by atoms with Crippen LogP contribution in [0.2, 0.25) is 5.15 Å². The molecule has 1 aromatic heterocycles. The molecular weight excluding hydrogens is 192 g/mol. The van der Waals surface area contributed by atoms with E-state index in [0.29, 0.717) is 11.5 Å². The number of pyridine rings is 1. The number of nitriles is 1. The van der Waals surface area contributed by atoms with Crippen molar-refractivity contribution in [2.45, 2.75) is 0 Å². The summed E-state index contributed by atoms with van der Waals surface area (Å²) in [6, 6.07) is 3.33. The third kappa shape index (κ3) is 1.82. The SMILES string of the molecule is COc1cc(C#N)nc(Cl)c1OC. The minimum absolute atomic E-state index is 0.124. The maximum absolute atomic E-state index is 8.58. The Morgan fingerprint density at radius 1 is 1.46 bits per heavy atom. The van der Waals surface area contributed by atoms with E-state index in [1.54, 1.807) is 0 Å². The van der Waals surface area contributed by atoms with Crippen LogP contribution >= 0.6 is 11.6 Å². The molecule has 0 saturated heterocycles. The predicted octanol–water partition coefficient (Wildman–Crippen LogP) is 1.62. The Balaban J connectivity index is 3.31. The van der Waals surface area contributed by atoms with Gasteiger partial charge in [-0.25, -0.2) is 4.98 Å². The van der Waals surface area contributed by atoms with E-state index in [9.17, 15) is 0 Å². The molecule has 13 heavy (non-hydrogen) atoms. The lowest BCUT2D eigenvalue weighted by Crippen LogP contribution is -1.95. The molecule has 1 heterocycles. The lowest BCUT2D eigenvalue weighted by molar-refractivity contribution is 0.353. The molecule has 5 heteroatoms. The Hall–Kier alpha value is -1.47. The van der Waals surface area contributed by atoms with E-state index in [1.807, 2.05) is 6.07 Å². The van der Waals surface area contributed by atoms with Crippen LogP contribution in [0.1, 0.15) is 5.69 Å². The topological polar surface area (TPSA) is 55.1 Å². The van der Waals surface area contributed by atoms with Gasteiger partial charge in [-0.05, 0) is 0 Å². The van der Waals surface area contributed by atoms with Crippen LogP contribution in [0.4, 0.5) is 0 Å². The van der Waals surface area contributed by atoms with Gasteiger partial charge in [0.05, 0.1) is 14.2 Å². The average Bonchev–Trinajstić information content (AvgIpc) is 2.16. The van der Waals surface area contributed by atoms with E-state index in [1.165, 1.54) is 20.3 Å². The summed E-state index contributed by atoms with van der Waals surface area (Å²) in [4.78, 5) is 3.77. The quantitative estimate of drug-likeness (QED) is 0.678. The van der Waals surface area contributed by atoms with Crippen LogP contribution < -0.4 is 9.47 Å². The van der Waals surface area contributed by atoms with E-state index < -0.39 is 0 Å². The normalized spacial score (nSPS) is 9.08. The van der Waals surface area contributed by atoms with E-state index in [4.69, 9.17) is 26.3 Å². The molecular formula is C8H7ClN2O2. The van der Waals surface area contributed by atoms with Gasteiger partial charge in [0.2, 0.25) is 0 Å². The second kappa shape index (κ2) is 3.97. The molecule has 0 aliphatic carbocycles. The van der Waals surface area contributed by atoms with Crippen molar-refractivity contribution in [3.63, 3.8) is 0 Å². The highest BCUT2D eigenvalue weighted by Gasteiger charge is 2.11. The smallest absolute Gasteiger partial charge is 0.198 e. The molecule has 68 valence electrons. The third-order valence-electron chi connectivity index (χ3n) is 1.44. The molecule has 0 aliphatic rings. The van der Waals surface area contributed by atoms with Crippen molar-refractivity contribution in [1.82, 2.24) is 4.98 Å². The fraction of sp³-hybridized carbons (Fsp3) is 0.250. The maximum atomic E-state index is 8.58. The summed E-state index contributed by atoms with van der Waals surface area (Å²) in [6.45, 7) is 0. The fourth-order valence-electron chi connectivity index (χ4n) is 0.874. The minimum atomic E-state index is 0.124. The fourth-order valence-corrected chi connectivity index (χ4v) is 1.14. The van der Waals surface area contributed by atoms with Crippen molar-refractivity contribution in [2.24, 2.45) is 0 Å². The van der Waals surface area contributed by atoms with Gasteiger partial charge in [-0.15, -0.1) is 0 Å². The molecule has 0 fully saturated rings. The van der Waals surface area contributed by atoms with Crippen molar-refractivity contribution in [3.05, 3.63) is 16.9 Å². The number of hydrogen-bond acceptors (Lipinski definition) is 4. The first kappa shape index (κ1) is 9.62. The molecule has 0 radical (unpaired) electrons. The van der Waals surface area contributed by atoms with E-state index in [2.05, 4.69) is 4.98 Å². The second-order valence-corrected chi connectivity index (χ2v) is 2.50. The summed E-state index contributed by atoms with van der Waals surface area (Å²) in [6.07, 6.45) is 0. The zero-order chi connectivity index (χ0) is 9.84. The van der Waals surface area contributed by atoms with Crippen LogP contribution in [-0.4, -0.2) is 19.2 Å². The summed E-state index contributed by atoms with van der Waals surface area (Å²) in [5, 5.41) is 8.70. The predicted molar refractivity (Wildman–Crippen MR) is 47.1 cm³/mol. The van der Waals surface area contributed by atoms with Crippen molar-refractivity contribution >= 4 is 11.6 Å². The van der Waals surface area contributed by atoms with Crippen LogP contribution in [-0.2, 0) is 0 Å². The molecule has 0 spiro atoms. The van der Waals surface area contributed by atoms with E-state index >= 15 is 0 Å². The van der Waals surface area contributed by atoms with Crippen molar-refractivity contribution in [1.29, 1.82) is 5.26 Å². The van der Waals surface area contributed by atoms with Gasteiger partial charge in [0.25, 0.3) is 0 Å². The van der Waals surface area contributed by atoms with E-state index in [-0.39, 0.29) is 10.8 Å². The first-order valence-electron chi connectivity index (χ1n) is 3.41. The summed E-state index contributed by atoms with van der Waals surface area (Å²) in [5.74, 6) is 0.738. The van der Waals surface area contributed by atoms with Crippen LogP contribution in [0.15, 0.2) is 6.07 Å². The highest BCUT2D eigenvalue weighted by atomic mass is 35.5. The summed E-state index contributed by atoms with van der Waals surface area (Å²) in [7, 11) is 2.92. The highest BCUT2D eigenvalue weighted by molar-refractivity contribution is 6.31.